The van der Waals surface area contributed by atoms with Crippen LogP contribution in [-0.2, 0) is 0 Å². The van der Waals surface area contributed by atoms with E-state index in [2.05, 4.69) is 5.32 Å². The molecule has 1 aromatic carbocycles. The molecule has 1 aromatic rings. The van der Waals surface area contributed by atoms with Crippen molar-refractivity contribution in [1.29, 1.82) is 0 Å². The van der Waals surface area contributed by atoms with Crippen molar-refractivity contribution >= 4 is 0 Å². The molecule has 2 rings (SSSR count). The molecule has 1 aliphatic heterocycles. The normalized spacial score (nSPS) is 20.8. The highest BCUT2D eigenvalue weighted by atomic mass is 19.1. The monoisotopic (exact) mass is 223 g/mol. The van der Waals surface area contributed by atoms with E-state index in [-0.39, 0.29) is 5.82 Å². The summed E-state index contributed by atoms with van der Waals surface area (Å²) >= 11 is 0. The predicted molar refractivity (Wildman–Crippen MR) is 62.5 cm³/mol. The van der Waals surface area contributed by atoms with E-state index < -0.39 is 0 Å². The molecule has 0 saturated carbocycles. The Kier molecular flexibility index (Phi) is 3.44. The maximum Gasteiger partial charge on any atom is 0.130 e. The summed E-state index contributed by atoms with van der Waals surface area (Å²) in [6, 6.07) is 3.62. The van der Waals surface area contributed by atoms with E-state index in [1.165, 1.54) is 0 Å². The van der Waals surface area contributed by atoms with Crippen molar-refractivity contribution in [3.8, 4) is 5.75 Å². The van der Waals surface area contributed by atoms with Crippen LogP contribution in [0.3, 0.4) is 0 Å². The first kappa shape index (κ1) is 11.4. The molecule has 0 spiro atoms. The molecule has 88 valence electrons. The molecule has 1 unspecified atom stereocenters. The molecule has 1 fully saturated rings. The third-order valence-corrected chi connectivity index (χ3v) is 3.31. The van der Waals surface area contributed by atoms with Gasteiger partial charge in [0.25, 0.3) is 0 Å². The zero-order chi connectivity index (χ0) is 11.5. The van der Waals surface area contributed by atoms with Gasteiger partial charge in [-0.1, -0.05) is 0 Å². The molecule has 1 aliphatic rings. The molecule has 0 radical (unpaired) electrons. The minimum atomic E-state index is -0.167. The van der Waals surface area contributed by atoms with Crippen LogP contribution < -0.4 is 10.1 Å². The van der Waals surface area contributed by atoms with E-state index in [0.29, 0.717) is 17.2 Å². The van der Waals surface area contributed by atoms with Crippen LogP contribution >= 0.6 is 0 Å². The van der Waals surface area contributed by atoms with Gasteiger partial charge in [0.2, 0.25) is 0 Å². The van der Waals surface area contributed by atoms with Crippen LogP contribution in [0.1, 0.15) is 29.9 Å². The zero-order valence-corrected chi connectivity index (χ0v) is 9.85. The number of halogens is 1. The van der Waals surface area contributed by atoms with Crippen molar-refractivity contribution in [3.05, 3.63) is 29.1 Å². The van der Waals surface area contributed by atoms with Crippen LogP contribution in [0.2, 0.25) is 0 Å². The van der Waals surface area contributed by atoms with Crippen molar-refractivity contribution in [3.63, 3.8) is 0 Å². The first-order valence-corrected chi connectivity index (χ1v) is 5.77. The molecule has 1 atom stereocenters. The van der Waals surface area contributed by atoms with Crippen LogP contribution in [0.5, 0.6) is 5.75 Å². The minimum Gasteiger partial charge on any atom is -0.496 e. The lowest BCUT2D eigenvalue weighted by Gasteiger charge is -2.24. The number of rotatable bonds is 2. The average Bonchev–Trinajstić information content (AvgIpc) is 2.33. The summed E-state index contributed by atoms with van der Waals surface area (Å²) in [6.45, 7) is 3.75. The molecule has 1 saturated heterocycles. The van der Waals surface area contributed by atoms with Crippen molar-refractivity contribution in [1.82, 2.24) is 5.32 Å². The molecule has 3 heteroatoms. The second-order valence-electron chi connectivity index (χ2n) is 4.37. The Hall–Kier alpha value is -1.09. The predicted octanol–water partition coefficient (Wildman–Crippen LogP) is 2.61. The number of piperidine rings is 1. The lowest BCUT2D eigenvalue weighted by atomic mass is 9.91. The summed E-state index contributed by atoms with van der Waals surface area (Å²) in [7, 11) is 1.59. The molecular weight excluding hydrogens is 205 g/mol. The van der Waals surface area contributed by atoms with Crippen LogP contribution in [0.4, 0.5) is 4.39 Å². The smallest absolute Gasteiger partial charge is 0.130 e. The fourth-order valence-electron chi connectivity index (χ4n) is 2.26. The van der Waals surface area contributed by atoms with Crippen LogP contribution in [-0.4, -0.2) is 20.2 Å². The number of hydrogen-bond acceptors (Lipinski definition) is 2. The molecule has 0 aliphatic carbocycles. The average molecular weight is 223 g/mol. The quantitative estimate of drug-likeness (QED) is 0.832. The third-order valence-electron chi connectivity index (χ3n) is 3.31. The summed E-state index contributed by atoms with van der Waals surface area (Å²) < 4.78 is 18.9. The maximum absolute atomic E-state index is 13.7. The Morgan fingerprint density at radius 3 is 2.88 bits per heavy atom. The molecular formula is C13H18FNO. The Balaban J connectivity index is 2.29. The fraction of sp³-hybridized carbons (Fsp3) is 0.538. The van der Waals surface area contributed by atoms with Gasteiger partial charge in [-0.15, -0.1) is 0 Å². The molecule has 2 nitrogen and oxygen atoms in total. The van der Waals surface area contributed by atoms with E-state index in [4.69, 9.17) is 4.74 Å². The first-order valence-electron chi connectivity index (χ1n) is 5.77. The molecule has 16 heavy (non-hydrogen) atoms. The highest BCUT2D eigenvalue weighted by Gasteiger charge is 2.18. The van der Waals surface area contributed by atoms with Crippen molar-refractivity contribution in [2.75, 3.05) is 20.2 Å². The van der Waals surface area contributed by atoms with E-state index in [0.717, 1.165) is 31.5 Å². The highest BCUT2D eigenvalue weighted by molar-refractivity contribution is 5.39. The van der Waals surface area contributed by atoms with Gasteiger partial charge in [-0.05, 0) is 49.9 Å². The molecule has 1 N–H and O–H groups in total. The third kappa shape index (κ3) is 2.19. The second kappa shape index (κ2) is 4.83. The van der Waals surface area contributed by atoms with Crippen LogP contribution in [0.25, 0.3) is 0 Å². The van der Waals surface area contributed by atoms with Crippen molar-refractivity contribution < 1.29 is 9.13 Å². The number of benzene rings is 1. The van der Waals surface area contributed by atoms with Crippen molar-refractivity contribution in [2.45, 2.75) is 25.7 Å². The fourth-order valence-corrected chi connectivity index (χ4v) is 2.26. The Labute approximate surface area is 95.8 Å². The lowest BCUT2D eigenvalue weighted by Crippen LogP contribution is -2.28. The second-order valence-corrected chi connectivity index (χ2v) is 4.37. The van der Waals surface area contributed by atoms with Gasteiger partial charge in [0.15, 0.2) is 0 Å². The standard InChI is InChI=1S/C13H18FNO/c1-9-12(14)6-11(7-13(9)16-2)10-4-3-5-15-8-10/h6-7,10,15H,3-5,8H2,1-2H3. The largest absolute Gasteiger partial charge is 0.496 e. The number of nitrogens with one attached hydrogen (secondary N) is 1. The van der Waals surface area contributed by atoms with Gasteiger partial charge in [-0.2, -0.15) is 0 Å². The van der Waals surface area contributed by atoms with Gasteiger partial charge in [-0.3, -0.25) is 0 Å². The van der Waals surface area contributed by atoms with E-state index in [9.17, 15) is 4.39 Å². The van der Waals surface area contributed by atoms with Gasteiger partial charge >= 0.3 is 0 Å². The number of ether oxygens (including phenoxy) is 1. The summed E-state index contributed by atoms with van der Waals surface area (Å²) in [4.78, 5) is 0. The molecule has 0 amide bonds. The minimum absolute atomic E-state index is 0.167. The highest BCUT2D eigenvalue weighted by Crippen LogP contribution is 2.30. The van der Waals surface area contributed by atoms with E-state index >= 15 is 0 Å². The number of methoxy groups -OCH3 is 1. The van der Waals surface area contributed by atoms with E-state index in [1.807, 2.05) is 6.07 Å². The first-order chi connectivity index (χ1) is 7.72. The topological polar surface area (TPSA) is 21.3 Å². The van der Waals surface area contributed by atoms with Gasteiger partial charge in [0.05, 0.1) is 7.11 Å². The SMILES string of the molecule is COc1cc(C2CCCNC2)cc(F)c1C. The summed E-state index contributed by atoms with van der Waals surface area (Å²) in [5, 5.41) is 3.34. The van der Waals surface area contributed by atoms with Gasteiger partial charge in [0.1, 0.15) is 11.6 Å². The Bertz CT molecular complexity index is 372. The van der Waals surface area contributed by atoms with Crippen molar-refractivity contribution in [2.24, 2.45) is 0 Å². The van der Waals surface area contributed by atoms with Gasteiger partial charge < -0.3 is 10.1 Å². The molecule has 0 bridgehead atoms. The molecule has 0 aromatic heterocycles. The lowest BCUT2D eigenvalue weighted by molar-refractivity contribution is 0.403. The molecule has 1 heterocycles. The van der Waals surface area contributed by atoms with Gasteiger partial charge in [0, 0.05) is 12.1 Å². The van der Waals surface area contributed by atoms with Crippen LogP contribution in [0, 0.1) is 12.7 Å². The zero-order valence-electron chi connectivity index (χ0n) is 9.85. The number of hydrogen-bond donors (Lipinski definition) is 1. The Morgan fingerprint density at radius 1 is 1.44 bits per heavy atom. The Morgan fingerprint density at radius 2 is 2.25 bits per heavy atom. The van der Waals surface area contributed by atoms with Gasteiger partial charge in [-0.25, -0.2) is 4.39 Å². The van der Waals surface area contributed by atoms with Crippen LogP contribution in [0.15, 0.2) is 12.1 Å². The van der Waals surface area contributed by atoms with E-state index in [1.54, 1.807) is 20.1 Å². The summed E-state index contributed by atoms with van der Waals surface area (Å²) in [5.41, 5.74) is 1.64. The summed E-state index contributed by atoms with van der Waals surface area (Å²) in [6.07, 6.45) is 2.28. The summed E-state index contributed by atoms with van der Waals surface area (Å²) in [5.74, 6) is 0.901. The maximum atomic E-state index is 13.7.